The molecule has 3 aliphatic heterocycles. The van der Waals surface area contributed by atoms with Gasteiger partial charge in [-0.25, -0.2) is 10.1 Å². The number of benzene rings is 1. The Morgan fingerprint density at radius 2 is 2.22 bits per heavy atom. The van der Waals surface area contributed by atoms with Gasteiger partial charge in [-0.3, -0.25) is 4.84 Å². The van der Waals surface area contributed by atoms with Crippen molar-refractivity contribution in [3.63, 3.8) is 0 Å². The first-order valence-corrected chi connectivity index (χ1v) is 8.60. The molecular weight excluding hydrogens is 362 g/mol. The van der Waals surface area contributed by atoms with Crippen LogP contribution in [0.4, 0.5) is 0 Å². The van der Waals surface area contributed by atoms with Crippen molar-refractivity contribution in [2.24, 2.45) is 10.7 Å². The maximum atomic E-state index is 6.38. The standard InChI is InChI=1S/C16H20BrN3O3/c1-20-14(18)19-16(10-22-20)8-15(5-2-6-21-9-15)23-13-4-3-11(17)7-12(13)16/h3-4,7H,2,5-6,8-10H2,1H3,(H2,18,19). The highest BCUT2D eigenvalue weighted by molar-refractivity contribution is 9.10. The average molecular weight is 382 g/mol. The lowest BCUT2D eigenvalue weighted by Gasteiger charge is -2.49. The number of rotatable bonds is 0. The number of hydrogen-bond acceptors (Lipinski definition) is 6. The summed E-state index contributed by atoms with van der Waals surface area (Å²) < 4.78 is 13.1. The third kappa shape index (κ3) is 2.51. The molecule has 1 aromatic carbocycles. The molecule has 0 radical (unpaired) electrons. The second-order valence-electron chi connectivity index (χ2n) is 6.53. The summed E-state index contributed by atoms with van der Waals surface area (Å²) in [6.45, 7) is 1.81. The highest BCUT2D eigenvalue weighted by Crippen LogP contribution is 2.50. The van der Waals surface area contributed by atoms with E-state index in [2.05, 4.69) is 22.0 Å². The maximum Gasteiger partial charge on any atom is 0.216 e. The molecule has 1 aromatic rings. The summed E-state index contributed by atoms with van der Waals surface area (Å²) in [6.07, 6.45) is 2.65. The van der Waals surface area contributed by atoms with Crippen molar-refractivity contribution in [2.45, 2.75) is 30.4 Å². The van der Waals surface area contributed by atoms with E-state index in [1.807, 2.05) is 12.1 Å². The summed E-state index contributed by atoms with van der Waals surface area (Å²) in [5.41, 5.74) is 6.19. The van der Waals surface area contributed by atoms with Gasteiger partial charge in [0.25, 0.3) is 0 Å². The fourth-order valence-corrected chi connectivity index (χ4v) is 4.08. The zero-order chi connectivity index (χ0) is 16.1. The van der Waals surface area contributed by atoms with E-state index >= 15 is 0 Å². The molecule has 2 N–H and O–H groups in total. The van der Waals surface area contributed by atoms with Crippen LogP contribution in [0.1, 0.15) is 24.8 Å². The van der Waals surface area contributed by atoms with Gasteiger partial charge in [0.15, 0.2) is 0 Å². The highest BCUT2D eigenvalue weighted by atomic mass is 79.9. The van der Waals surface area contributed by atoms with Crippen molar-refractivity contribution < 1.29 is 14.3 Å². The minimum Gasteiger partial charge on any atom is -0.484 e. The molecule has 0 aromatic heterocycles. The van der Waals surface area contributed by atoms with Gasteiger partial charge in [0.2, 0.25) is 5.96 Å². The van der Waals surface area contributed by atoms with Gasteiger partial charge in [-0.15, -0.1) is 0 Å². The van der Waals surface area contributed by atoms with Crippen LogP contribution in [-0.4, -0.2) is 43.5 Å². The van der Waals surface area contributed by atoms with Crippen LogP contribution < -0.4 is 10.5 Å². The number of hydrogen-bond donors (Lipinski definition) is 1. The lowest BCUT2D eigenvalue weighted by Crippen LogP contribution is -2.57. The van der Waals surface area contributed by atoms with Gasteiger partial charge in [-0.05, 0) is 31.0 Å². The molecule has 124 valence electrons. The van der Waals surface area contributed by atoms with E-state index in [4.69, 9.17) is 25.0 Å². The molecule has 3 aliphatic rings. The summed E-state index contributed by atoms with van der Waals surface area (Å²) in [6, 6.07) is 6.02. The monoisotopic (exact) mass is 381 g/mol. The third-order valence-corrected chi connectivity index (χ3v) is 5.31. The molecule has 0 saturated carbocycles. The van der Waals surface area contributed by atoms with E-state index in [1.54, 1.807) is 7.05 Å². The predicted octanol–water partition coefficient (Wildman–Crippen LogP) is 2.17. The molecule has 0 aliphatic carbocycles. The summed E-state index contributed by atoms with van der Waals surface area (Å²) in [5, 5.41) is 1.52. The Labute approximate surface area is 143 Å². The minimum absolute atomic E-state index is 0.359. The van der Waals surface area contributed by atoms with E-state index in [1.165, 1.54) is 5.06 Å². The normalized spacial score (nSPS) is 33.3. The van der Waals surface area contributed by atoms with Crippen molar-refractivity contribution >= 4 is 21.9 Å². The van der Waals surface area contributed by atoms with Gasteiger partial charge in [0, 0.05) is 30.1 Å². The van der Waals surface area contributed by atoms with Crippen LogP contribution in [0.25, 0.3) is 0 Å². The molecular formula is C16H20BrN3O3. The Morgan fingerprint density at radius 3 is 2.96 bits per heavy atom. The largest absolute Gasteiger partial charge is 0.484 e. The lowest BCUT2D eigenvalue weighted by molar-refractivity contribution is -0.147. The number of guanidine groups is 1. The van der Waals surface area contributed by atoms with E-state index in [-0.39, 0.29) is 5.60 Å². The molecule has 1 saturated heterocycles. The molecule has 23 heavy (non-hydrogen) atoms. The van der Waals surface area contributed by atoms with Gasteiger partial charge in [-0.2, -0.15) is 0 Å². The summed E-state index contributed by atoms with van der Waals surface area (Å²) in [4.78, 5) is 10.6. The first-order valence-electron chi connectivity index (χ1n) is 7.81. The number of ether oxygens (including phenoxy) is 2. The van der Waals surface area contributed by atoms with Gasteiger partial charge >= 0.3 is 0 Å². The fourth-order valence-electron chi connectivity index (χ4n) is 3.72. The van der Waals surface area contributed by atoms with E-state index in [9.17, 15) is 0 Å². The molecule has 3 heterocycles. The number of halogens is 1. The second kappa shape index (κ2) is 5.36. The van der Waals surface area contributed by atoms with E-state index < -0.39 is 5.54 Å². The lowest BCUT2D eigenvalue weighted by atomic mass is 9.75. The highest BCUT2D eigenvalue weighted by Gasteiger charge is 2.52. The van der Waals surface area contributed by atoms with E-state index in [0.717, 1.165) is 35.2 Å². The van der Waals surface area contributed by atoms with Crippen LogP contribution in [-0.2, 0) is 15.1 Å². The first kappa shape index (κ1) is 15.2. The SMILES string of the molecule is CN1OCC2(CC3(CCCOC3)Oc3ccc(Br)cc32)N=C1N. The number of aliphatic imine (C=N–C) groups is 1. The summed E-state index contributed by atoms with van der Waals surface area (Å²) >= 11 is 3.54. The smallest absolute Gasteiger partial charge is 0.216 e. The van der Waals surface area contributed by atoms with Gasteiger partial charge in [0.1, 0.15) is 23.5 Å². The topological polar surface area (TPSA) is 69.3 Å². The first-order chi connectivity index (χ1) is 11.0. The van der Waals surface area contributed by atoms with Crippen LogP contribution >= 0.6 is 15.9 Å². The zero-order valence-electron chi connectivity index (χ0n) is 13.0. The van der Waals surface area contributed by atoms with Crippen molar-refractivity contribution in [1.29, 1.82) is 0 Å². The van der Waals surface area contributed by atoms with Crippen LogP contribution in [0.2, 0.25) is 0 Å². The summed E-state index contributed by atoms with van der Waals surface area (Å²) in [5.74, 6) is 1.23. The van der Waals surface area contributed by atoms with Crippen molar-refractivity contribution in [2.75, 3.05) is 26.9 Å². The molecule has 0 bridgehead atoms. The fraction of sp³-hybridized carbons (Fsp3) is 0.562. The van der Waals surface area contributed by atoms with Crippen LogP contribution in [0.3, 0.4) is 0 Å². The molecule has 7 heteroatoms. The molecule has 4 rings (SSSR count). The molecule has 1 fully saturated rings. The van der Waals surface area contributed by atoms with Crippen LogP contribution in [0, 0.1) is 0 Å². The zero-order valence-corrected chi connectivity index (χ0v) is 14.6. The molecule has 6 nitrogen and oxygen atoms in total. The number of nitrogens with two attached hydrogens (primary N) is 1. The second-order valence-corrected chi connectivity index (χ2v) is 7.45. The van der Waals surface area contributed by atoms with Crippen molar-refractivity contribution in [3.8, 4) is 5.75 Å². The Morgan fingerprint density at radius 1 is 1.35 bits per heavy atom. The van der Waals surface area contributed by atoms with E-state index in [0.29, 0.717) is 25.6 Å². The van der Waals surface area contributed by atoms with Crippen molar-refractivity contribution in [1.82, 2.24) is 5.06 Å². The quantitative estimate of drug-likeness (QED) is 0.745. The number of hydroxylamine groups is 2. The maximum absolute atomic E-state index is 6.38. The Kier molecular flexibility index (Phi) is 3.55. The predicted molar refractivity (Wildman–Crippen MR) is 89.2 cm³/mol. The minimum atomic E-state index is -0.533. The van der Waals surface area contributed by atoms with Crippen LogP contribution in [0.5, 0.6) is 5.75 Å². The number of fused-ring (bicyclic) bond motifs is 2. The molecule has 2 atom stereocenters. The Balaban J connectivity index is 1.85. The average Bonchev–Trinajstić information content (AvgIpc) is 2.53. The summed E-state index contributed by atoms with van der Waals surface area (Å²) in [7, 11) is 1.77. The molecule has 0 amide bonds. The third-order valence-electron chi connectivity index (χ3n) is 4.82. The number of nitrogens with zero attached hydrogens (tertiary/aromatic N) is 2. The van der Waals surface area contributed by atoms with Crippen LogP contribution in [0.15, 0.2) is 27.7 Å². The van der Waals surface area contributed by atoms with Gasteiger partial charge < -0.3 is 15.2 Å². The molecule has 2 spiro atoms. The molecule has 2 unspecified atom stereocenters. The van der Waals surface area contributed by atoms with Crippen molar-refractivity contribution in [3.05, 3.63) is 28.2 Å². The van der Waals surface area contributed by atoms with Gasteiger partial charge in [0.05, 0.1) is 6.61 Å². The van der Waals surface area contributed by atoms with Gasteiger partial charge in [-0.1, -0.05) is 15.9 Å². The Bertz CT molecular complexity index is 660. The Hall–Kier alpha value is -1.31.